The zero-order valence-electron chi connectivity index (χ0n) is 16.3. The van der Waals surface area contributed by atoms with Gasteiger partial charge in [0.1, 0.15) is 4.88 Å². The summed E-state index contributed by atoms with van der Waals surface area (Å²) in [4.78, 5) is 38.8. The Kier molecular flexibility index (Phi) is 5.44. The van der Waals surface area contributed by atoms with Gasteiger partial charge in [0.2, 0.25) is 5.91 Å². The number of hydrogen-bond donors (Lipinski definition) is 0. The van der Waals surface area contributed by atoms with E-state index in [4.69, 9.17) is 0 Å². The summed E-state index contributed by atoms with van der Waals surface area (Å²) < 4.78 is 0. The monoisotopic (exact) mass is 398 g/mol. The summed E-state index contributed by atoms with van der Waals surface area (Å²) >= 11 is 1.42. The lowest BCUT2D eigenvalue weighted by Crippen LogP contribution is -2.55. The molecule has 0 aliphatic carbocycles. The van der Waals surface area contributed by atoms with Crippen LogP contribution in [0.2, 0.25) is 0 Å². The highest BCUT2D eigenvalue weighted by Crippen LogP contribution is 2.39. The molecule has 28 heavy (non-hydrogen) atoms. The number of hydrogen-bond acceptors (Lipinski definition) is 5. The summed E-state index contributed by atoms with van der Waals surface area (Å²) in [6.07, 6.45) is 6.07. The van der Waals surface area contributed by atoms with Gasteiger partial charge in [-0.3, -0.25) is 14.6 Å². The summed E-state index contributed by atoms with van der Waals surface area (Å²) in [6, 6.07) is 5.89. The van der Waals surface area contributed by atoms with E-state index in [9.17, 15) is 9.59 Å². The van der Waals surface area contributed by atoms with E-state index in [2.05, 4.69) is 9.97 Å². The number of nitrogens with zero attached hydrogens (tertiary/aromatic N) is 4. The molecular formula is C21H26N4O2S. The number of aryl methyl sites for hydroxylation is 1. The summed E-state index contributed by atoms with van der Waals surface area (Å²) in [5.41, 5.74) is 3.58. The Labute approximate surface area is 169 Å². The third-order valence-corrected chi connectivity index (χ3v) is 6.92. The second-order valence-corrected chi connectivity index (χ2v) is 8.84. The second-order valence-electron chi connectivity index (χ2n) is 7.98. The minimum Gasteiger partial charge on any atom is -0.342 e. The van der Waals surface area contributed by atoms with E-state index in [-0.39, 0.29) is 17.2 Å². The van der Waals surface area contributed by atoms with Crippen molar-refractivity contribution in [3.63, 3.8) is 0 Å². The third-order valence-electron chi connectivity index (χ3n) is 6.00. The molecule has 2 aromatic rings. The topological polar surface area (TPSA) is 66.4 Å². The predicted octanol–water partition coefficient (Wildman–Crippen LogP) is 2.93. The van der Waals surface area contributed by atoms with E-state index in [1.807, 2.05) is 34.9 Å². The molecule has 0 aromatic carbocycles. The van der Waals surface area contributed by atoms with Crippen LogP contribution in [-0.2, 0) is 11.2 Å². The molecule has 4 rings (SSSR count). The fourth-order valence-electron chi connectivity index (χ4n) is 4.47. The quantitative estimate of drug-likeness (QED) is 0.794. The van der Waals surface area contributed by atoms with Crippen molar-refractivity contribution in [2.45, 2.75) is 39.0 Å². The van der Waals surface area contributed by atoms with Crippen molar-refractivity contribution in [1.29, 1.82) is 0 Å². The van der Waals surface area contributed by atoms with Crippen LogP contribution in [0.4, 0.5) is 0 Å². The van der Waals surface area contributed by atoms with E-state index in [0.29, 0.717) is 13.0 Å². The van der Waals surface area contributed by atoms with Gasteiger partial charge in [-0.25, -0.2) is 4.98 Å². The van der Waals surface area contributed by atoms with Crippen molar-refractivity contribution in [2.24, 2.45) is 5.41 Å². The molecule has 0 N–H and O–H groups in total. The zero-order valence-corrected chi connectivity index (χ0v) is 17.1. The minimum absolute atomic E-state index is 0.0184. The van der Waals surface area contributed by atoms with E-state index in [1.165, 1.54) is 11.3 Å². The molecule has 148 valence electrons. The summed E-state index contributed by atoms with van der Waals surface area (Å²) in [7, 11) is 0. The Bertz CT molecular complexity index is 853. The van der Waals surface area contributed by atoms with E-state index >= 15 is 0 Å². The number of carbonyl (C=O) groups excluding carboxylic acids is 2. The molecule has 1 spiro atoms. The maximum absolute atomic E-state index is 13.0. The van der Waals surface area contributed by atoms with Crippen LogP contribution in [0.5, 0.6) is 0 Å². The fraction of sp³-hybridized carbons (Fsp3) is 0.524. The highest BCUT2D eigenvalue weighted by atomic mass is 32.1. The van der Waals surface area contributed by atoms with Gasteiger partial charge in [0, 0.05) is 56.3 Å². The molecule has 0 unspecified atom stereocenters. The van der Waals surface area contributed by atoms with Crippen LogP contribution in [0.15, 0.2) is 29.9 Å². The van der Waals surface area contributed by atoms with Crippen LogP contribution in [-0.4, -0.2) is 57.8 Å². The predicted molar refractivity (Wildman–Crippen MR) is 108 cm³/mol. The fourth-order valence-corrected chi connectivity index (χ4v) is 5.24. The molecule has 2 aliphatic heterocycles. The van der Waals surface area contributed by atoms with Crippen LogP contribution in [0.25, 0.3) is 0 Å². The lowest BCUT2D eigenvalue weighted by molar-refractivity contribution is -0.138. The number of likely N-dealkylation sites (tertiary alicyclic amines) is 2. The number of carbonyl (C=O) groups is 2. The number of pyridine rings is 1. The maximum Gasteiger partial charge on any atom is 0.265 e. The molecule has 2 aliphatic rings. The normalized spacial score (nSPS) is 22.7. The van der Waals surface area contributed by atoms with Crippen molar-refractivity contribution in [1.82, 2.24) is 19.8 Å². The molecular weight excluding hydrogens is 372 g/mol. The average Bonchev–Trinajstić information content (AvgIpc) is 3.15. The van der Waals surface area contributed by atoms with Gasteiger partial charge in [-0.1, -0.05) is 6.07 Å². The molecule has 2 saturated heterocycles. The molecule has 0 radical (unpaired) electrons. The van der Waals surface area contributed by atoms with Crippen molar-refractivity contribution in [3.8, 4) is 0 Å². The first-order chi connectivity index (χ1) is 13.6. The van der Waals surface area contributed by atoms with E-state index < -0.39 is 0 Å². The number of thiazole rings is 1. The van der Waals surface area contributed by atoms with Gasteiger partial charge < -0.3 is 9.80 Å². The highest BCUT2D eigenvalue weighted by molar-refractivity contribution is 7.11. The highest BCUT2D eigenvalue weighted by Gasteiger charge is 2.43. The van der Waals surface area contributed by atoms with Crippen molar-refractivity contribution >= 4 is 23.2 Å². The Hall–Kier alpha value is -2.28. The molecule has 2 amide bonds. The minimum atomic E-state index is 0.0184. The molecule has 1 atom stereocenters. The molecule has 0 saturated carbocycles. The Morgan fingerprint density at radius 2 is 2.14 bits per heavy atom. The van der Waals surface area contributed by atoms with Gasteiger partial charge >= 0.3 is 0 Å². The van der Waals surface area contributed by atoms with Crippen molar-refractivity contribution < 1.29 is 9.59 Å². The largest absolute Gasteiger partial charge is 0.342 e. The number of amides is 2. The Morgan fingerprint density at radius 3 is 2.89 bits per heavy atom. The lowest BCUT2D eigenvalue weighted by Gasteiger charge is -2.48. The van der Waals surface area contributed by atoms with E-state index in [0.717, 1.165) is 61.6 Å². The standard InChI is InChI=1S/C21H26N4O2S/c1-16-19(28-15-23-16)20(27)25-11-4-8-21(14-25)9-6-18(26)24(13-21)12-7-17-5-2-3-10-22-17/h2-3,5,10,15H,4,6-9,11-14H2,1H3/t21-/m0/s1. The molecule has 0 bridgehead atoms. The molecule has 2 aromatic heterocycles. The smallest absolute Gasteiger partial charge is 0.265 e. The van der Waals surface area contributed by atoms with Crippen LogP contribution in [0.1, 0.15) is 46.7 Å². The molecule has 2 fully saturated rings. The van der Waals surface area contributed by atoms with Gasteiger partial charge in [0.25, 0.3) is 5.91 Å². The van der Waals surface area contributed by atoms with Crippen LogP contribution in [0.3, 0.4) is 0 Å². The van der Waals surface area contributed by atoms with Gasteiger partial charge in [-0.2, -0.15) is 0 Å². The van der Waals surface area contributed by atoms with Crippen molar-refractivity contribution in [2.75, 3.05) is 26.2 Å². The SMILES string of the molecule is Cc1ncsc1C(=O)N1CCC[C@@]2(CCC(=O)N(CCc3ccccn3)C2)C1. The van der Waals surface area contributed by atoms with Gasteiger partial charge in [0.15, 0.2) is 0 Å². The molecule has 6 nitrogen and oxygen atoms in total. The first-order valence-corrected chi connectivity index (χ1v) is 10.8. The second kappa shape index (κ2) is 7.99. The van der Waals surface area contributed by atoms with Gasteiger partial charge in [-0.15, -0.1) is 11.3 Å². The van der Waals surface area contributed by atoms with Crippen LogP contribution < -0.4 is 0 Å². The molecule has 7 heteroatoms. The summed E-state index contributed by atoms with van der Waals surface area (Å²) in [5.74, 6) is 0.319. The van der Waals surface area contributed by atoms with Crippen LogP contribution >= 0.6 is 11.3 Å². The van der Waals surface area contributed by atoms with Gasteiger partial charge in [0.05, 0.1) is 11.2 Å². The Balaban J connectivity index is 1.43. The first-order valence-electron chi connectivity index (χ1n) is 9.93. The van der Waals surface area contributed by atoms with E-state index in [1.54, 1.807) is 11.7 Å². The third kappa shape index (κ3) is 3.94. The lowest BCUT2D eigenvalue weighted by atomic mass is 9.73. The molecule has 4 heterocycles. The Morgan fingerprint density at radius 1 is 1.25 bits per heavy atom. The van der Waals surface area contributed by atoms with Gasteiger partial charge in [-0.05, 0) is 38.3 Å². The summed E-state index contributed by atoms with van der Waals surface area (Å²) in [5, 5.41) is 0. The van der Waals surface area contributed by atoms with Crippen LogP contribution in [0, 0.1) is 12.3 Å². The number of piperidine rings is 2. The summed E-state index contributed by atoms with van der Waals surface area (Å²) in [6.45, 7) is 4.85. The maximum atomic E-state index is 13.0. The number of rotatable bonds is 4. The average molecular weight is 399 g/mol. The first kappa shape index (κ1) is 19.1. The number of aromatic nitrogens is 2. The zero-order chi connectivity index (χ0) is 19.6. The van der Waals surface area contributed by atoms with Crippen molar-refractivity contribution in [3.05, 3.63) is 46.2 Å².